The van der Waals surface area contributed by atoms with E-state index in [-0.39, 0.29) is 0 Å². The summed E-state index contributed by atoms with van der Waals surface area (Å²) in [4.78, 5) is 0. The molecule has 0 fully saturated rings. The maximum absolute atomic E-state index is 11.2. The molecule has 0 aliphatic heterocycles. The quantitative estimate of drug-likeness (QED) is 0.551. The van der Waals surface area contributed by atoms with Crippen molar-refractivity contribution >= 4 is 26.7 Å². The molecule has 0 unspecified atom stereocenters. The molecule has 0 spiro atoms. The summed E-state index contributed by atoms with van der Waals surface area (Å²) in [6.07, 6.45) is 0. The van der Waals surface area contributed by atoms with Crippen molar-refractivity contribution in [2.75, 3.05) is 4.72 Å². The second-order valence-corrected chi connectivity index (χ2v) is 8.05. The van der Waals surface area contributed by atoms with Crippen molar-refractivity contribution in [3.63, 3.8) is 0 Å². The molecule has 7 heteroatoms. The van der Waals surface area contributed by atoms with E-state index in [0.717, 1.165) is 28.0 Å². The first-order valence-electron chi connectivity index (χ1n) is 8.78. The third-order valence-corrected chi connectivity index (χ3v) is 5.14. The van der Waals surface area contributed by atoms with Crippen LogP contribution in [0.4, 0.5) is 5.69 Å². The average Bonchev–Trinajstić information content (AvgIpc) is 3.03. The van der Waals surface area contributed by atoms with Gasteiger partial charge >= 0.3 is 0 Å². The molecule has 28 heavy (non-hydrogen) atoms. The van der Waals surface area contributed by atoms with Crippen molar-refractivity contribution in [2.24, 2.45) is 5.14 Å². The number of rotatable bonds is 4. The minimum absolute atomic E-state index is 0.400. The molecule has 3 N–H and O–H groups in total. The van der Waals surface area contributed by atoms with Crippen molar-refractivity contribution < 1.29 is 8.42 Å². The van der Waals surface area contributed by atoms with Gasteiger partial charge in [-0.25, -0.2) is 9.82 Å². The van der Waals surface area contributed by atoms with Gasteiger partial charge in [0, 0.05) is 11.3 Å². The monoisotopic (exact) mass is 392 g/mol. The number of aryl methyl sites for hydroxylation is 2. The summed E-state index contributed by atoms with van der Waals surface area (Å²) in [5.41, 5.74) is 5.41. The highest BCUT2D eigenvalue weighted by Crippen LogP contribution is 2.32. The first-order valence-corrected chi connectivity index (χ1v) is 10.3. The van der Waals surface area contributed by atoms with E-state index in [1.165, 1.54) is 10.9 Å². The molecule has 0 saturated heterocycles. The fourth-order valence-corrected chi connectivity index (χ4v) is 3.86. The van der Waals surface area contributed by atoms with Crippen molar-refractivity contribution in [1.82, 2.24) is 9.78 Å². The molecule has 0 amide bonds. The van der Waals surface area contributed by atoms with E-state index in [9.17, 15) is 8.42 Å². The molecule has 0 aliphatic rings. The van der Waals surface area contributed by atoms with Crippen LogP contribution in [0.3, 0.4) is 0 Å². The van der Waals surface area contributed by atoms with Crippen LogP contribution < -0.4 is 9.86 Å². The summed E-state index contributed by atoms with van der Waals surface area (Å²) < 4.78 is 26.5. The van der Waals surface area contributed by atoms with Crippen LogP contribution in [0.1, 0.15) is 11.3 Å². The molecule has 0 atom stereocenters. The predicted octanol–water partition coefficient (Wildman–Crippen LogP) is 3.92. The third kappa shape index (κ3) is 3.49. The van der Waals surface area contributed by atoms with Gasteiger partial charge in [0.05, 0.1) is 17.1 Å². The van der Waals surface area contributed by atoms with Gasteiger partial charge in [-0.15, -0.1) is 0 Å². The molecule has 142 valence electrons. The minimum Gasteiger partial charge on any atom is -0.271 e. The second-order valence-electron chi connectivity index (χ2n) is 6.75. The Kier molecular flexibility index (Phi) is 4.41. The zero-order valence-electron chi connectivity index (χ0n) is 15.5. The summed E-state index contributed by atoms with van der Waals surface area (Å²) >= 11 is 0. The van der Waals surface area contributed by atoms with E-state index in [4.69, 9.17) is 5.14 Å². The van der Waals surface area contributed by atoms with Gasteiger partial charge in [0.2, 0.25) is 0 Å². The number of hydrogen-bond acceptors (Lipinski definition) is 3. The van der Waals surface area contributed by atoms with Crippen LogP contribution >= 0.6 is 0 Å². The van der Waals surface area contributed by atoms with E-state index in [1.807, 2.05) is 29.8 Å². The van der Waals surface area contributed by atoms with Crippen LogP contribution in [-0.2, 0) is 10.2 Å². The maximum Gasteiger partial charge on any atom is 0.296 e. The Morgan fingerprint density at radius 1 is 0.929 bits per heavy atom. The van der Waals surface area contributed by atoms with E-state index < -0.39 is 10.2 Å². The number of nitrogens with zero attached hydrogens (tertiary/aromatic N) is 2. The van der Waals surface area contributed by atoms with Crippen LogP contribution in [0.2, 0.25) is 0 Å². The van der Waals surface area contributed by atoms with E-state index in [2.05, 4.69) is 41.0 Å². The Bertz CT molecular complexity index is 1280. The minimum atomic E-state index is -3.80. The molecule has 0 radical (unpaired) electrons. The topological polar surface area (TPSA) is 90.0 Å². The Labute approximate surface area is 163 Å². The lowest BCUT2D eigenvalue weighted by atomic mass is 9.98. The van der Waals surface area contributed by atoms with Crippen molar-refractivity contribution in [2.45, 2.75) is 13.8 Å². The van der Waals surface area contributed by atoms with Crippen molar-refractivity contribution in [3.8, 4) is 16.9 Å². The van der Waals surface area contributed by atoms with Crippen LogP contribution in [0.25, 0.3) is 27.7 Å². The smallest absolute Gasteiger partial charge is 0.271 e. The largest absolute Gasteiger partial charge is 0.296 e. The lowest BCUT2D eigenvalue weighted by Crippen LogP contribution is -2.21. The lowest BCUT2D eigenvalue weighted by molar-refractivity contribution is 0.603. The fraction of sp³-hybridized carbons (Fsp3) is 0.0952. The lowest BCUT2D eigenvalue weighted by Gasteiger charge is -2.12. The molecule has 1 aromatic heterocycles. The van der Waals surface area contributed by atoms with Gasteiger partial charge in [-0.1, -0.05) is 36.4 Å². The molecular weight excluding hydrogens is 372 g/mol. The van der Waals surface area contributed by atoms with Crippen LogP contribution in [0.15, 0.2) is 66.7 Å². The zero-order chi connectivity index (χ0) is 19.9. The van der Waals surface area contributed by atoms with Gasteiger partial charge in [0.15, 0.2) is 0 Å². The van der Waals surface area contributed by atoms with Gasteiger partial charge in [-0.2, -0.15) is 13.5 Å². The first kappa shape index (κ1) is 18.2. The fourth-order valence-electron chi connectivity index (χ4n) is 3.40. The highest BCUT2D eigenvalue weighted by atomic mass is 32.2. The molecular formula is C21H20N4O2S. The number of nitrogens with two attached hydrogens (primary N) is 1. The predicted molar refractivity (Wildman–Crippen MR) is 113 cm³/mol. The second kappa shape index (κ2) is 6.78. The van der Waals surface area contributed by atoms with Gasteiger partial charge < -0.3 is 0 Å². The number of nitrogens with one attached hydrogen (secondary N) is 1. The van der Waals surface area contributed by atoms with Crippen molar-refractivity contribution in [3.05, 3.63) is 78.0 Å². The zero-order valence-corrected chi connectivity index (χ0v) is 16.4. The normalized spacial score (nSPS) is 11.7. The number of aromatic nitrogens is 2. The molecule has 0 saturated carbocycles. The Hall–Kier alpha value is -3.16. The Balaban J connectivity index is 1.84. The highest BCUT2D eigenvalue weighted by Gasteiger charge is 2.14. The molecule has 4 rings (SSSR count). The summed E-state index contributed by atoms with van der Waals surface area (Å²) in [6, 6.07) is 21.5. The van der Waals surface area contributed by atoms with E-state index in [0.29, 0.717) is 5.69 Å². The number of fused-ring (bicyclic) bond motifs is 1. The molecule has 4 aromatic rings. The summed E-state index contributed by atoms with van der Waals surface area (Å²) in [5.74, 6) is 0. The molecule has 1 heterocycles. The van der Waals surface area contributed by atoms with Gasteiger partial charge in [-0.05, 0) is 60.5 Å². The molecule has 0 aliphatic carbocycles. The van der Waals surface area contributed by atoms with Crippen LogP contribution in [0, 0.1) is 13.8 Å². The molecule has 0 bridgehead atoms. The van der Waals surface area contributed by atoms with Gasteiger partial charge in [0.25, 0.3) is 10.2 Å². The van der Waals surface area contributed by atoms with Gasteiger partial charge in [0.1, 0.15) is 0 Å². The first-order chi connectivity index (χ1) is 13.3. The molecule has 3 aromatic carbocycles. The van der Waals surface area contributed by atoms with Crippen LogP contribution in [0.5, 0.6) is 0 Å². The van der Waals surface area contributed by atoms with Crippen molar-refractivity contribution in [1.29, 1.82) is 0 Å². The number of hydrogen-bond donors (Lipinski definition) is 2. The maximum atomic E-state index is 11.2. The van der Waals surface area contributed by atoms with Crippen LogP contribution in [-0.4, -0.2) is 18.2 Å². The Morgan fingerprint density at radius 2 is 1.61 bits per heavy atom. The third-order valence-electron chi connectivity index (χ3n) is 4.62. The van der Waals surface area contributed by atoms with E-state index >= 15 is 0 Å². The highest BCUT2D eigenvalue weighted by molar-refractivity contribution is 7.90. The average molecular weight is 392 g/mol. The number of benzene rings is 3. The summed E-state index contributed by atoms with van der Waals surface area (Å²) in [7, 11) is -3.80. The number of anilines is 1. The summed E-state index contributed by atoms with van der Waals surface area (Å²) in [5, 5.41) is 12.0. The summed E-state index contributed by atoms with van der Waals surface area (Å²) in [6.45, 7) is 4.05. The standard InChI is InChI=1S/C21H20N4O2S/c1-14-7-12-20(19-6-4-3-5-18(14)19)21-13-15(2)23-25(21)17-10-8-16(9-11-17)24-28(22,26)27/h3-13,24H,1-2H3,(H2,22,26,27). The SMILES string of the molecule is Cc1cc(-c2ccc(C)c3ccccc23)n(-c2ccc(NS(N)(=O)=O)cc2)n1. The van der Waals surface area contributed by atoms with E-state index in [1.54, 1.807) is 24.3 Å². The van der Waals surface area contributed by atoms with Gasteiger partial charge in [-0.3, -0.25) is 4.72 Å². The molecule has 6 nitrogen and oxygen atoms in total. The Morgan fingerprint density at radius 3 is 2.29 bits per heavy atom.